The predicted molar refractivity (Wildman–Crippen MR) is 84.1 cm³/mol. The van der Waals surface area contributed by atoms with E-state index in [2.05, 4.69) is 43.6 Å². The number of hydrogen-bond donors (Lipinski definition) is 2. The maximum Gasteiger partial charge on any atom is 0.234 e. The third-order valence-corrected chi connectivity index (χ3v) is 3.61. The van der Waals surface area contributed by atoms with Crippen molar-refractivity contribution in [2.24, 2.45) is 0 Å². The zero-order chi connectivity index (χ0) is 13.0. The second-order valence-corrected chi connectivity index (χ2v) is 5.42. The first kappa shape index (κ1) is 16.3. The second kappa shape index (κ2) is 7.72. The van der Waals surface area contributed by atoms with Crippen LogP contribution in [0.5, 0.6) is 0 Å². The molecule has 1 aromatic rings. The lowest BCUT2D eigenvalue weighted by molar-refractivity contribution is -0.120. The van der Waals surface area contributed by atoms with Crippen molar-refractivity contribution in [2.45, 2.75) is 12.5 Å². The first-order valence-corrected chi connectivity index (χ1v) is 6.93. The number of amides is 1. The smallest absolute Gasteiger partial charge is 0.234 e. The lowest BCUT2D eigenvalue weighted by Crippen LogP contribution is -2.41. The second-order valence-electron chi connectivity index (χ2n) is 4.51. The molecule has 0 spiro atoms. The lowest BCUT2D eigenvalue weighted by Gasteiger charge is -2.19. The van der Waals surface area contributed by atoms with Gasteiger partial charge >= 0.3 is 0 Å². The van der Waals surface area contributed by atoms with E-state index < -0.39 is 0 Å². The maximum atomic E-state index is 11.5. The number of carbonyl (C=O) groups is 1. The molecule has 1 fully saturated rings. The summed E-state index contributed by atoms with van der Waals surface area (Å²) in [6.45, 7) is 2.26. The molecule has 106 valence electrons. The molecule has 4 nitrogen and oxygen atoms in total. The number of nitrogens with zero attached hydrogens (tertiary/aromatic N) is 1. The van der Waals surface area contributed by atoms with Crippen molar-refractivity contribution >= 4 is 39.9 Å². The van der Waals surface area contributed by atoms with Gasteiger partial charge in [-0.3, -0.25) is 4.79 Å². The average Bonchev–Trinajstić information content (AvgIpc) is 2.78. The fourth-order valence-electron chi connectivity index (χ4n) is 2.20. The monoisotopic (exact) mass is 347 g/mol. The molecule has 0 aliphatic carbocycles. The Labute approximate surface area is 128 Å². The molecule has 0 aromatic heterocycles. The van der Waals surface area contributed by atoms with Gasteiger partial charge in [0.25, 0.3) is 0 Å². The van der Waals surface area contributed by atoms with Crippen LogP contribution in [0.1, 0.15) is 6.42 Å². The van der Waals surface area contributed by atoms with Crippen LogP contribution in [-0.4, -0.2) is 38.6 Å². The zero-order valence-corrected chi connectivity index (χ0v) is 13.3. The molecule has 0 radical (unpaired) electrons. The normalized spacial score (nSPS) is 18.0. The van der Waals surface area contributed by atoms with Gasteiger partial charge in [-0.05, 0) is 37.7 Å². The molecule has 1 aliphatic heterocycles. The summed E-state index contributed by atoms with van der Waals surface area (Å²) in [5.41, 5.74) is 1.21. The summed E-state index contributed by atoms with van der Waals surface area (Å²) in [5, 5.41) is 5.90. The Morgan fingerprint density at radius 2 is 2.11 bits per heavy atom. The van der Waals surface area contributed by atoms with Crippen molar-refractivity contribution < 1.29 is 4.79 Å². The summed E-state index contributed by atoms with van der Waals surface area (Å²) >= 11 is 3.43. The average molecular weight is 349 g/mol. The van der Waals surface area contributed by atoms with Crippen LogP contribution in [0.25, 0.3) is 0 Å². The molecule has 1 unspecified atom stereocenters. The molecule has 2 rings (SSSR count). The van der Waals surface area contributed by atoms with E-state index in [4.69, 9.17) is 0 Å². The minimum atomic E-state index is 0. The van der Waals surface area contributed by atoms with Crippen molar-refractivity contribution in [3.05, 3.63) is 28.7 Å². The van der Waals surface area contributed by atoms with Crippen LogP contribution in [0.3, 0.4) is 0 Å². The number of carbonyl (C=O) groups excluding carboxylic acids is 1. The number of anilines is 1. The summed E-state index contributed by atoms with van der Waals surface area (Å²) in [6, 6.07) is 8.54. The van der Waals surface area contributed by atoms with Crippen molar-refractivity contribution in [1.29, 1.82) is 0 Å². The molecule has 19 heavy (non-hydrogen) atoms. The highest BCUT2D eigenvalue weighted by molar-refractivity contribution is 9.10. The number of likely N-dealkylation sites (N-methyl/N-ethyl adjacent to an activating group) is 1. The number of benzene rings is 1. The number of nitrogens with one attached hydrogen (secondary N) is 2. The quantitative estimate of drug-likeness (QED) is 0.872. The van der Waals surface area contributed by atoms with Gasteiger partial charge in [-0.1, -0.05) is 15.9 Å². The zero-order valence-electron chi connectivity index (χ0n) is 10.9. The highest BCUT2D eigenvalue weighted by Gasteiger charge is 2.23. The number of halogens is 2. The summed E-state index contributed by atoms with van der Waals surface area (Å²) < 4.78 is 1.09. The van der Waals surface area contributed by atoms with E-state index in [1.54, 1.807) is 7.05 Å². The van der Waals surface area contributed by atoms with Gasteiger partial charge in [-0.25, -0.2) is 0 Å². The van der Waals surface area contributed by atoms with E-state index in [1.165, 1.54) is 5.69 Å². The molecule has 1 heterocycles. The van der Waals surface area contributed by atoms with Crippen molar-refractivity contribution in [3.63, 3.8) is 0 Å². The highest BCUT2D eigenvalue weighted by Crippen LogP contribution is 2.22. The summed E-state index contributed by atoms with van der Waals surface area (Å²) in [7, 11) is 1.78. The third kappa shape index (κ3) is 4.67. The molecule has 1 amide bonds. The van der Waals surface area contributed by atoms with Crippen molar-refractivity contribution in [2.75, 3.05) is 31.6 Å². The van der Waals surface area contributed by atoms with Gasteiger partial charge < -0.3 is 15.5 Å². The van der Waals surface area contributed by atoms with E-state index in [-0.39, 0.29) is 24.4 Å². The fourth-order valence-corrected chi connectivity index (χ4v) is 2.47. The summed E-state index contributed by atoms with van der Waals surface area (Å²) in [6.07, 6.45) is 1.01. The maximum absolute atomic E-state index is 11.5. The molecule has 0 saturated carbocycles. The largest absolute Gasteiger partial charge is 0.369 e. The van der Waals surface area contributed by atoms with Crippen LogP contribution in [-0.2, 0) is 4.79 Å². The summed E-state index contributed by atoms with van der Waals surface area (Å²) in [4.78, 5) is 13.8. The Morgan fingerprint density at radius 1 is 1.42 bits per heavy atom. The summed E-state index contributed by atoms with van der Waals surface area (Å²) in [5.74, 6) is 0.0696. The first-order chi connectivity index (χ1) is 8.69. The molecule has 0 bridgehead atoms. The Kier molecular flexibility index (Phi) is 6.62. The van der Waals surface area contributed by atoms with Gasteiger partial charge in [-0.15, -0.1) is 12.4 Å². The third-order valence-electron chi connectivity index (χ3n) is 3.08. The highest BCUT2D eigenvalue weighted by atomic mass is 79.9. The number of rotatable bonds is 4. The molecule has 1 aliphatic rings. The molecule has 1 aromatic carbocycles. The topological polar surface area (TPSA) is 44.4 Å². The first-order valence-electron chi connectivity index (χ1n) is 6.13. The molecule has 2 N–H and O–H groups in total. The van der Waals surface area contributed by atoms with Crippen LogP contribution < -0.4 is 15.5 Å². The molecular formula is C13H19BrClN3O. The molecular weight excluding hydrogens is 330 g/mol. The van der Waals surface area contributed by atoms with Crippen LogP contribution in [0.2, 0.25) is 0 Å². The van der Waals surface area contributed by atoms with Gasteiger partial charge in [0.2, 0.25) is 5.91 Å². The lowest BCUT2D eigenvalue weighted by atomic mass is 10.2. The van der Waals surface area contributed by atoms with Crippen molar-refractivity contribution in [1.82, 2.24) is 10.6 Å². The Morgan fingerprint density at radius 3 is 2.74 bits per heavy atom. The predicted octanol–water partition coefficient (Wildman–Crippen LogP) is 1.79. The van der Waals surface area contributed by atoms with Gasteiger partial charge in [-0.2, -0.15) is 0 Å². The van der Waals surface area contributed by atoms with Crippen molar-refractivity contribution in [3.8, 4) is 0 Å². The van der Waals surface area contributed by atoms with E-state index in [0.29, 0.717) is 6.54 Å². The van der Waals surface area contributed by atoms with Gasteiger partial charge in [0.1, 0.15) is 0 Å². The van der Waals surface area contributed by atoms with E-state index >= 15 is 0 Å². The van der Waals surface area contributed by atoms with Gasteiger partial charge in [0.15, 0.2) is 0 Å². The van der Waals surface area contributed by atoms with Gasteiger partial charge in [0.05, 0.1) is 6.54 Å². The SMILES string of the molecule is CNCC(=O)NC1CCN(c2ccc(Br)cc2)C1.Cl. The molecule has 6 heteroatoms. The van der Waals surface area contributed by atoms with Crippen LogP contribution >= 0.6 is 28.3 Å². The van der Waals surface area contributed by atoms with E-state index in [9.17, 15) is 4.79 Å². The van der Waals surface area contributed by atoms with E-state index in [0.717, 1.165) is 24.0 Å². The minimum absolute atomic E-state index is 0. The fraction of sp³-hybridized carbons (Fsp3) is 0.462. The molecule has 1 saturated heterocycles. The Balaban J connectivity index is 0.00000180. The Hall–Kier alpha value is -0.780. The Bertz CT molecular complexity index is 413. The standard InChI is InChI=1S/C13H18BrN3O.ClH/c1-15-8-13(18)16-11-6-7-17(9-11)12-4-2-10(14)3-5-12;/h2-5,11,15H,6-9H2,1H3,(H,16,18);1H. The van der Waals surface area contributed by atoms with Gasteiger partial charge in [0, 0.05) is 29.3 Å². The van der Waals surface area contributed by atoms with E-state index in [1.807, 2.05) is 12.1 Å². The molecule has 1 atom stereocenters. The van der Waals surface area contributed by atoms with Crippen LogP contribution in [0.4, 0.5) is 5.69 Å². The van der Waals surface area contributed by atoms with Crippen LogP contribution in [0.15, 0.2) is 28.7 Å². The van der Waals surface area contributed by atoms with Crippen LogP contribution in [0, 0.1) is 0 Å². The minimum Gasteiger partial charge on any atom is -0.369 e. The number of hydrogen-bond acceptors (Lipinski definition) is 3.